The van der Waals surface area contributed by atoms with E-state index in [1.807, 2.05) is 87.3 Å². The van der Waals surface area contributed by atoms with E-state index in [4.69, 9.17) is 0 Å². The van der Waals surface area contributed by atoms with E-state index in [0.717, 1.165) is 22.0 Å². The molecule has 2 N–H and O–H groups in total. The second-order valence-corrected chi connectivity index (χ2v) is 7.99. The van der Waals surface area contributed by atoms with E-state index in [2.05, 4.69) is 30.2 Å². The molecule has 1 heterocycles. The predicted molar refractivity (Wildman–Crippen MR) is 151 cm³/mol. The molecule has 201 valence electrons. The Morgan fingerprint density at radius 1 is 0.946 bits per heavy atom. The minimum atomic E-state index is -0.231. The van der Waals surface area contributed by atoms with Gasteiger partial charge in [-0.25, -0.2) is 0 Å². The van der Waals surface area contributed by atoms with Crippen LogP contribution in [0.4, 0.5) is 0 Å². The van der Waals surface area contributed by atoms with Crippen LogP contribution in [0.15, 0.2) is 60.8 Å². The van der Waals surface area contributed by atoms with Crippen molar-refractivity contribution in [1.82, 2.24) is 20.1 Å². The van der Waals surface area contributed by atoms with Gasteiger partial charge in [0, 0.05) is 69.8 Å². The quantitative estimate of drug-likeness (QED) is 0.304. The van der Waals surface area contributed by atoms with Crippen LogP contribution >= 0.6 is 0 Å². The number of carbonyl (C=O) groups is 2. The summed E-state index contributed by atoms with van der Waals surface area (Å²) in [4.78, 5) is 32.1. The van der Waals surface area contributed by atoms with Gasteiger partial charge in [0.2, 0.25) is 11.8 Å². The van der Waals surface area contributed by atoms with Crippen molar-refractivity contribution in [2.24, 2.45) is 0 Å². The third-order valence-corrected chi connectivity index (χ3v) is 5.61. The number of H-pyrrole nitrogens is 1. The Morgan fingerprint density at radius 3 is 2.14 bits per heavy atom. The summed E-state index contributed by atoms with van der Waals surface area (Å²) < 4.78 is 0. The van der Waals surface area contributed by atoms with Crippen LogP contribution in [0.3, 0.4) is 0 Å². The van der Waals surface area contributed by atoms with Gasteiger partial charge in [-0.1, -0.05) is 76.2 Å². The van der Waals surface area contributed by atoms with E-state index in [0.29, 0.717) is 32.6 Å². The molecule has 0 saturated heterocycles. The molecule has 0 spiro atoms. The van der Waals surface area contributed by atoms with E-state index in [9.17, 15) is 9.59 Å². The average Bonchev–Trinajstić information content (AvgIpc) is 3.32. The van der Waals surface area contributed by atoms with Crippen LogP contribution in [0.25, 0.3) is 10.9 Å². The van der Waals surface area contributed by atoms with E-state index in [-0.39, 0.29) is 57.1 Å². The van der Waals surface area contributed by atoms with Gasteiger partial charge in [0.15, 0.2) is 0 Å². The smallest absolute Gasteiger partial charge is 0.234 e. The number of nitrogens with zero attached hydrogens (tertiary/aromatic N) is 2. The van der Waals surface area contributed by atoms with Crippen molar-refractivity contribution in [3.63, 3.8) is 0 Å². The van der Waals surface area contributed by atoms with Gasteiger partial charge >= 0.3 is 0 Å². The zero-order valence-corrected chi connectivity index (χ0v) is 26.1. The van der Waals surface area contributed by atoms with Crippen LogP contribution in [0.2, 0.25) is 0 Å². The fourth-order valence-corrected chi connectivity index (χ4v) is 3.85. The number of amides is 2. The molecule has 6 nitrogen and oxygen atoms in total. The van der Waals surface area contributed by atoms with Gasteiger partial charge in [-0.2, -0.15) is 0 Å². The Bertz CT molecular complexity index is 1020. The van der Waals surface area contributed by atoms with E-state index >= 15 is 0 Å². The summed E-state index contributed by atoms with van der Waals surface area (Å²) in [5.41, 5.74) is 3.22. The maximum Gasteiger partial charge on any atom is 0.234 e. The minimum absolute atomic E-state index is 0. The molecule has 37 heavy (non-hydrogen) atoms. The van der Waals surface area contributed by atoms with E-state index in [1.54, 1.807) is 11.8 Å². The number of benzene rings is 2. The number of nitrogens with one attached hydrogen (secondary N) is 2. The molecule has 0 aliphatic carbocycles. The van der Waals surface area contributed by atoms with Crippen molar-refractivity contribution < 1.29 is 42.3 Å². The molecular weight excluding hydrogens is 537 g/mol. The second kappa shape index (κ2) is 20.0. The monoisotopic (exact) mass is 581 g/mol. The summed E-state index contributed by atoms with van der Waals surface area (Å²) in [5.74, 6) is -0.116. The van der Waals surface area contributed by atoms with Crippen LogP contribution in [0, 0.1) is 13.8 Å². The first-order valence-electron chi connectivity index (χ1n) is 12.9. The molecule has 1 atom stereocenters. The zero-order chi connectivity index (χ0) is 26.9. The van der Waals surface area contributed by atoms with Crippen molar-refractivity contribution in [1.29, 1.82) is 0 Å². The summed E-state index contributed by atoms with van der Waals surface area (Å²) >= 11 is 0. The summed E-state index contributed by atoms with van der Waals surface area (Å²) in [7, 11) is 0. The molecule has 2 amide bonds. The van der Waals surface area contributed by atoms with Gasteiger partial charge < -0.3 is 33.9 Å². The van der Waals surface area contributed by atoms with E-state index in [1.165, 1.54) is 0 Å². The normalized spacial score (nSPS) is 10.8. The van der Waals surface area contributed by atoms with Crippen LogP contribution in [0.1, 0.15) is 45.7 Å². The number of hydrogen-bond donors (Lipinski definition) is 2. The Morgan fingerprint density at radius 2 is 1.54 bits per heavy atom. The number of para-hydroxylation sites is 1. The molecule has 0 bridgehead atoms. The molecular formula is C30H44N4O2Y-2. The number of fused-ring (bicyclic) bond motifs is 1. The third kappa shape index (κ3) is 11.9. The summed E-state index contributed by atoms with van der Waals surface area (Å²) in [6.07, 6.45) is 2.60. The number of carbonyl (C=O) groups excluding carboxylic acids is 2. The van der Waals surface area contributed by atoms with E-state index < -0.39 is 0 Å². The first-order valence-corrected chi connectivity index (χ1v) is 12.9. The van der Waals surface area contributed by atoms with Crippen LogP contribution in [-0.4, -0.2) is 58.8 Å². The summed E-state index contributed by atoms with van der Waals surface area (Å²) in [6.45, 7) is 19.4. The molecule has 3 aromatic rings. The molecule has 0 aliphatic heterocycles. The molecule has 0 unspecified atom stereocenters. The van der Waals surface area contributed by atoms with Gasteiger partial charge in [0.25, 0.3) is 0 Å². The first-order chi connectivity index (χ1) is 17.5. The predicted octanol–water partition coefficient (Wildman–Crippen LogP) is 5.26. The Balaban J connectivity index is 0.00000247. The van der Waals surface area contributed by atoms with Crippen molar-refractivity contribution >= 4 is 22.7 Å². The number of hydrogen-bond acceptors (Lipinski definition) is 3. The van der Waals surface area contributed by atoms with Gasteiger partial charge in [-0.3, -0.25) is 9.59 Å². The summed E-state index contributed by atoms with van der Waals surface area (Å²) in [5, 5.41) is 4.27. The third-order valence-electron chi connectivity index (χ3n) is 5.61. The van der Waals surface area contributed by atoms with Crippen molar-refractivity contribution in [2.75, 3.05) is 26.2 Å². The standard InChI is InChI=1S/C26H32N4O2.2C2H6.Y/c1-4-29(5-2)19-26(32)28-23(15-22-16-27-25-14-10-9-13-24(22)25)18-30(20(3)31)17-21-11-7-6-8-12-21;2*1-2;/h6-14,16,23,27H,1-2,4-5,15,17-19H2,3H3,(H,28,32);2*1-2H3;/q-2;;;/t23-;;;/m1.../s1. The number of aromatic amines is 1. The fraction of sp³-hybridized carbons (Fsp3) is 0.400. The fourth-order valence-electron chi connectivity index (χ4n) is 3.85. The number of rotatable bonds is 11. The second-order valence-electron chi connectivity index (χ2n) is 7.99. The molecule has 1 radical (unpaired) electrons. The zero-order valence-electron chi connectivity index (χ0n) is 23.3. The van der Waals surface area contributed by atoms with Gasteiger partial charge in [-0.05, 0) is 23.6 Å². The molecule has 0 aliphatic rings. The molecule has 7 heteroatoms. The molecule has 3 rings (SSSR count). The molecule has 0 saturated carbocycles. The van der Waals surface area contributed by atoms with Crippen molar-refractivity contribution in [2.45, 2.75) is 53.6 Å². The SMILES string of the molecule is CC.CC.[CH2-]CN(C[CH2-])CC(=O)N[C@H](Cc1c[nH]c2ccccc12)CN(Cc1ccccc1)C(C)=O.[Y]. The Kier molecular flexibility index (Phi) is 18.9. The maximum atomic E-state index is 12.8. The van der Waals surface area contributed by atoms with Gasteiger partial charge in [0.1, 0.15) is 0 Å². The van der Waals surface area contributed by atoms with Crippen LogP contribution in [-0.2, 0) is 55.3 Å². The topological polar surface area (TPSA) is 68.4 Å². The molecule has 2 aromatic carbocycles. The summed E-state index contributed by atoms with van der Waals surface area (Å²) in [6, 6.07) is 17.8. The molecule has 1 aromatic heterocycles. The molecule has 0 fully saturated rings. The van der Waals surface area contributed by atoms with Crippen molar-refractivity contribution in [3.05, 3.63) is 85.8 Å². The Hall–Kier alpha value is -2.02. The van der Waals surface area contributed by atoms with Crippen LogP contribution in [0.5, 0.6) is 0 Å². The average molecular weight is 582 g/mol. The van der Waals surface area contributed by atoms with Crippen LogP contribution < -0.4 is 5.32 Å². The van der Waals surface area contributed by atoms with Crippen molar-refractivity contribution in [3.8, 4) is 0 Å². The maximum absolute atomic E-state index is 12.8. The largest absolute Gasteiger partial charge is 0.361 e. The van der Waals surface area contributed by atoms with Gasteiger partial charge in [-0.15, -0.1) is 13.1 Å². The Labute approximate surface area is 249 Å². The minimum Gasteiger partial charge on any atom is -0.361 e. The van der Waals surface area contributed by atoms with Gasteiger partial charge in [0.05, 0.1) is 12.6 Å². The number of aromatic nitrogens is 1. The first kappa shape index (κ1) is 35.0.